The maximum Gasteiger partial charge on any atom is 0.0761 e. The van der Waals surface area contributed by atoms with E-state index in [0.29, 0.717) is 0 Å². The lowest BCUT2D eigenvalue weighted by atomic mass is 10.0. The number of benzene rings is 1. The van der Waals surface area contributed by atoms with Gasteiger partial charge in [-0.15, -0.1) is 0 Å². The number of aliphatic hydroxyl groups is 1. The van der Waals surface area contributed by atoms with E-state index in [1.165, 1.54) is 5.69 Å². The smallest absolute Gasteiger partial charge is 0.0761 e. The molecule has 0 aliphatic carbocycles. The zero-order valence-corrected chi connectivity index (χ0v) is 10.8. The second-order valence-electron chi connectivity index (χ2n) is 5.28. The minimum absolute atomic E-state index is 0.0323. The summed E-state index contributed by atoms with van der Waals surface area (Å²) in [6.07, 6.45) is -0.401. The van der Waals surface area contributed by atoms with Crippen molar-refractivity contribution in [1.82, 2.24) is 0 Å². The average molecular weight is 235 g/mol. The minimum Gasteiger partial charge on any atom is -0.389 e. The van der Waals surface area contributed by atoms with E-state index in [4.69, 9.17) is 4.74 Å². The van der Waals surface area contributed by atoms with E-state index in [-0.39, 0.29) is 5.54 Å². The highest BCUT2D eigenvalue weighted by Gasteiger charge is 2.30. The fraction of sp³-hybridized carbons (Fsp3) is 0.571. The fourth-order valence-corrected chi connectivity index (χ4v) is 2.27. The standard InChI is InChI=1S/C14H21NO2/c1-11(16)12-4-6-13(7-5-12)15-8-9-17-10-14(15,2)3/h4-7,11,16H,8-10H2,1-3H3/t11-/m1/s1. The van der Waals surface area contributed by atoms with Crippen molar-refractivity contribution in [3.63, 3.8) is 0 Å². The summed E-state index contributed by atoms with van der Waals surface area (Å²) >= 11 is 0. The summed E-state index contributed by atoms with van der Waals surface area (Å²) < 4.78 is 5.52. The fourth-order valence-electron chi connectivity index (χ4n) is 2.27. The first kappa shape index (κ1) is 12.4. The largest absolute Gasteiger partial charge is 0.389 e. The van der Waals surface area contributed by atoms with Gasteiger partial charge >= 0.3 is 0 Å². The van der Waals surface area contributed by atoms with Crippen molar-refractivity contribution in [3.8, 4) is 0 Å². The highest BCUT2D eigenvalue weighted by molar-refractivity contribution is 5.50. The average Bonchev–Trinajstić information content (AvgIpc) is 2.28. The number of anilines is 1. The molecule has 94 valence electrons. The molecular weight excluding hydrogens is 214 g/mol. The summed E-state index contributed by atoms with van der Waals surface area (Å²) in [7, 11) is 0. The molecule has 1 N–H and O–H groups in total. The van der Waals surface area contributed by atoms with Gasteiger partial charge in [0.15, 0.2) is 0 Å². The summed E-state index contributed by atoms with van der Waals surface area (Å²) in [5.41, 5.74) is 2.19. The van der Waals surface area contributed by atoms with Gasteiger partial charge in [0.05, 0.1) is 24.9 Å². The lowest BCUT2D eigenvalue weighted by Gasteiger charge is -2.43. The van der Waals surface area contributed by atoms with Gasteiger partial charge in [-0.25, -0.2) is 0 Å². The van der Waals surface area contributed by atoms with E-state index in [0.717, 1.165) is 25.3 Å². The van der Waals surface area contributed by atoms with Gasteiger partial charge in [0.1, 0.15) is 0 Å². The van der Waals surface area contributed by atoms with Crippen LogP contribution in [0.3, 0.4) is 0 Å². The third-order valence-corrected chi connectivity index (χ3v) is 3.33. The second kappa shape index (κ2) is 4.67. The molecule has 3 heteroatoms. The molecule has 0 spiro atoms. The van der Waals surface area contributed by atoms with Crippen molar-refractivity contribution in [2.75, 3.05) is 24.7 Å². The number of rotatable bonds is 2. The number of hydrogen-bond acceptors (Lipinski definition) is 3. The summed E-state index contributed by atoms with van der Waals surface area (Å²) in [6, 6.07) is 8.14. The van der Waals surface area contributed by atoms with Crippen molar-refractivity contribution >= 4 is 5.69 Å². The summed E-state index contributed by atoms with van der Waals surface area (Å²) in [4.78, 5) is 2.36. The van der Waals surface area contributed by atoms with E-state index in [9.17, 15) is 5.11 Å². The maximum absolute atomic E-state index is 9.49. The van der Waals surface area contributed by atoms with Crippen LogP contribution in [-0.4, -0.2) is 30.4 Å². The second-order valence-corrected chi connectivity index (χ2v) is 5.28. The predicted octanol–water partition coefficient (Wildman–Crippen LogP) is 2.36. The molecule has 1 fully saturated rings. The highest BCUT2D eigenvalue weighted by Crippen LogP contribution is 2.27. The topological polar surface area (TPSA) is 32.7 Å². The molecule has 2 rings (SSSR count). The van der Waals surface area contributed by atoms with Crippen molar-refractivity contribution in [2.24, 2.45) is 0 Å². The van der Waals surface area contributed by atoms with Gasteiger partial charge in [-0.3, -0.25) is 0 Å². The number of morpholine rings is 1. The Labute approximate surface area is 103 Å². The van der Waals surface area contributed by atoms with Gasteiger partial charge in [-0.2, -0.15) is 0 Å². The number of ether oxygens (including phenoxy) is 1. The van der Waals surface area contributed by atoms with E-state index in [2.05, 4.69) is 30.9 Å². The molecule has 1 heterocycles. The van der Waals surface area contributed by atoms with Crippen LogP contribution in [0.2, 0.25) is 0 Å². The first-order chi connectivity index (χ1) is 8.00. The van der Waals surface area contributed by atoms with Gasteiger partial charge < -0.3 is 14.7 Å². The third kappa shape index (κ3) is 2.61. The Balaban J connectivity index is 2.21. The van der Waals surface area contributed by atoms with Crippen LogP contribution in [0.1, 0.15) is 32.4 Å². The van der Waals surface area contributed by atoms with Crippen LogP contribution in [-0.2, 0) is 4.74 Å². The van der Waals surface area contributed by atoms with Crippen LogP contribution in [0.4, 0.5) is 5.69 Å². The molecule has 17 heavy (non-hydrogen) atoms. The zero-order valence-electron chi connectivity index (χ0n) is 10.8. The SMILES string of the molecule is C[C@@H](O)c1ccc(N2CCOCC2(C)C)cc1. The predicted molar refractivity (Wildman–Crippen MR) is 69.3 cm³/mol. The lowest BCUT2D eigenvalue weighted by Crippen LogP contribution is -2.53. The molecule has 0 aromatic heterocycles. The van der Waals surface area contributed by atoms with Crippen molar-refractivity contribution < 1.29 is 9.84 Å². The maximum atomic E-state index is 9.49. The highest BCUT2D eigenvalue weighted by atomic mass is 16.5. The van der Waals surface area contributed by atoms with E-state index >= 15 is 0 Å². The van der Waals surface area contributed by atoms with E-state index in [1.807, 2.05) is 12.1 Å². The Morgan fingerprint density at radius 3 is 2.47 bits per heavy atom. The Bertz CT molecular complexity index is 370. The minimum atomic E-state index is -0.401. The number of aliphatic hydroxyl groups excluding tert-OH is 1. The molecule has 0 amide bonds. The third-order valence-electron chi connectivity index (χ3n) is 3.33. The monoisotopic (exact) mass is 235 g/mol. The molecule has 1 atom stereocenters. The molecule has 1 aliphatic rings. The van der Waals surface area contributed by atoms with Crippen molar-refractivity contribution in [3.05, 3.63) is 29.8 Å². The first-order valence-corrected chi connectivity index (χ1v) is 6.14. The van der Waals surface area contributed by atoms with Gasteiger partial charge in [0.25, 0.3) is 0 Å². The van der Waals surface area contributed by atoms with Crippen LogP contribution >= 0.6 is 0 Å². The van der Waals surface area contributed by atoms with Crippen LogP contribution in [0.5, 0.6) is 0 Å². The van der Waals surface area contributed by atoms with Crippen molar-refractivity contribution in [1.29, 1.82) is 0 Å². The molecule has 3 nitrogen and oxygen atoms in total. The van der Waals surface area contributed by atoms with Crippen molar-refractivity contribution in [2.45, 2.75) is 32.4 Å². The summed E-state index contributed by atoms with van der Waals surface area (Å²) in [5, 5.41) is 9.49. The van der Waals surface area contributed by atoms with Gasteiger partial charge in [-0.05, 0) is 38.5 Å². The Kier molecular flexibility index (Phi) is 3.40. The zero-order chi connectivity index (χ0) is 12.5. The number of hydrogen-bond donors (Lipinski definition) is 1. The van der Waals surface area contributed by atoms with Crippen LogP contribution in [0.25, 0.3) is 0 Å². The molecule has 1 saturated heterocycles. The normalized spacial score (nSPS) is 21.3. The molecule has 1 aromatic carbocycles. The first-order valence-electron chi connectivity index (χ1n) is 6.14. The van der Waals surface area contributed by atoms with Crippen LogP contribution in [0.15, 0.2) is 24.3 Å². The lowest BCUT2D eigenvalue weighted by molar-refractivity contribution is 0.0644. The van der Waals surface area contributed by atoms with E-state index in [1.54, 1.807) is 6.92 Å². The van der Waals surface area contributed by atoms with Gasteiger partial charge in [0.2, 0.25) is 0 Å². The molecule has 1 aromatic rings. The Hall–Kier alpha value is -1.06. The molecule has 1 aliphatic heterocycles. The molecule has 0 unspecified atom stereocenters. The van der Waals surface area contributed by atoms with Crippen LogP contribution in [0, 0.1) is 0 Å². The molecular formula is C14H21NO2. The Morgan fingerprint density at radius 1 is 1.29 bits per heavy atom. The quantitative estimate of drug-likeness (QED) is 0.854. The Morgan fingerprint density at radius 2 is 1.94 bits per heavy atom. The molecule has 0 bridgehead atoms. The molecule has 0 radical (unpaired) electrons. The van der Waals surface area contributed by atoms with Gasteiger partial charge in [0, 0.05) is 12.2 Å². The number of nitrogens with zero attached hydrogens (tertiary/aromatic N) is 1. The van der Waals surface area contributed by atoms with Gasteiger partial charge in [-0.1, -0.05) is 12.1 Å². The summed E-state index contributed by atoms with van der Waals surface area (Å²) in [5.74, 6) is 0. The van der Waals surface area contributed by atoms with E-state index < -0.39 is 6.10 Å². The summed E-state index contributed by atoms with van der Waals surface area (Å²) in [6.45, 7) is 8.62. The molecule has 0 saturated carbocycles. The van der Waals surface area contributed by atoms with Crippen LogP contribution < -0.4 is 4.90 Å².